The molecule has 1 aliphatic heterocycles. The maximum atomic E-state index is 12.5. The zero-order valence-electron chi connectivity index (χ0n) is 15.0. The molecule has 0 aliphatic carbocycles. The van der Waals surface area contributed by atoms with Gasteiger partial charge in [-0.25, -0.2) is 0 Å². The van der Waals surface area contributed by atoms with E-state index in [0.29, 0.717) is 17.1 Å². The molecule has 0 unspecified atom stereocenters. The van der Waals surface area contributed by atoms with Crippen LogP contribution in [0.15, 0.2) is 42.0 Å². The minimum atomic E-state index is -0.407. The largest absolute Gasteiger partial charge is 0.454 e. The second-order valence-electron chi connectivity index (χ2n) is 6.32. The molecule has 0 fully saturated rings. The van der Waals surface area contributed by atoms with Gasteiger partial charge in [0.05, 0.1) is 6.04 Å². The lowest BCUT2D eigenvalue weighted by Gasteiger charge is -2.15. The van der Waals surface area contributed by atoms with Crippen molar-refractivity contribution in [1.82, 2.24) is 5.32 Å². The average molecular weight is 348 g/mol. The van der Waals surface area contributed by atoms with Crippen LogP contribution in [0.3, 0.4) is 0 Å². The molecular formula is C21H20N2O3. The Hall–Kier alpha value is -3.26. The Labute approximate surface area is 152 Å². The highest BCUT2D eigenvalue weighted by Gasteiger charge is 2.16. The van der Waals surface area contributed by atoms with Crippen LogP contribution in [-0.4, -0.2) is 12.7 Å². The molecule has 132 valence electrons. The fourth-order valence-corrected chi connectivity index (χ4v) is 2.71. The summed E-state index contributed by atoms with van der Waals surface area (Å²) in [6, 6.07) is 13.1. The quantitative estimate of drug-likeness (QED) is 0.673. The van der Waals surface area contributed by atoms with E-state index >= 15 is 0 Å². The maximum absolute atomic E-state index is 12.5. The summed E-state index contributed by atoms with van der Waals surface area (Å²) < 4.78 is 10.6. The molecule has 0 bridgehead atoms. The lowest BCUT2D eigenvalue weighted by molar-refractivity contribution is -0.117. The maximum Gasteiger partial charge on any atom is 0.262 e. The van der Waals surface area contributed by atoms with E-state index in [1.807, 2.05) is 45.0 Å². The van der Waals surface area contributed by atoms with Crippen LogP contribution in [0.25, 0.3) is 6.08 Å². The summed E-state index contributed by atoms with van der Waals surface area (Å²) in [5, 5.41) is 12.3. The highest BCUT2D eigenvalue weighted by atomic mass is 16.7. The summed E-state index contributed by atoms with van der Waals surface area (Å²) in [6.07, 6.45) is 1.55. The van der Waals surface area contributed by atoms with E-state index < -0.39 is 5.91 Å². The lowest BCUT2D eigenvalue weighted by atomic mass is 10.0. The third kappa shape index (κ3) is 3.70. The Bertz CT molecular complexity index is 925. The third-order valence-corrected chi connectivity index (χ3v) is 4.45. The Kier molecular flexibility index (Phi) is 4.94. The normalized spacial score (nSPS) is 13.8. The summed E-state index contributed by atoms with van der Waals surface area (Å²) >= 11 is 0. The molecule has 0 spiro atoms. The fourth-order valence-electron chi connectivity index (χ4n) is 2.71. The van der Waals surface area contributed by atoms with Gasteiger partial charge in [0.1, 0.15) is 11.6 Å². The summed E-state index contributed by atoms with van der Waals surface area (Å²) in [5.74, 6) is 0.865. The summed E-state index contributed by atoms with van der Waals surface area (Å²) in [7, 11) is 0. The molecule has 0 saturated carbocycles. The van der Waals surface area contributed by atoms with Gasteiger partial charge in [-0.3, -0.25) is 4.79 Å². The highest BCUT2D eigenvalue weighted by molar-refractivity contribution is 6.01. The van der Waals surface area contributed by atoms with E-state index in [1.165, 1.54) is 11.1 Å². The van der Waals surface area contributed by atoms with E-state index in [2.05, 4.69) is 5.32 Å². The minimum absolute atomic E-state index is 0.0412. The summed E-state index contributed by atoms with van der Waals surface area (Å²) in [4.78, 5) is 12.5. The van der Waals surface area contributed by atoms with Crippen LogP contribution in [0.4, 0.5) is 0 Å². The number of nitriles is 1. The molecule has 3 rings (SSSR count). The number of nitrogens with one attached hydrogen (secondary N) is 1. The molecule has 5 heteroatoms. The van der Waals surface area contributed by atoms with E-state index in [9.17, 15) is 10.1 Å². The standard InChI is InChI=1S/C21H20N2O3/c1-13-4-6-17(8-14(13)2)15(3)23-21(24)18(11-22)9-16-5-7-19-20(10-16)26-12-25-19/h4-10,15H,12H2,1-3H3,(H,23,24)/b18-9+/t15-/m1/s1. The number of nitrogens with zero attached hydrogens (tertiary/aromatic N) is 1. The van der Waals surface area contributed by atoms with Crippen LogP contribution in [0.1, 0.15) is 35.2 Å². The van der Waals surface area contributed by atoms with Crippen LogP contribution in [0.2, 0.25) is 0 Å². The second-order valence-corrected chi connectivity index (χ2v) is 6.32. The van der Waals surface area contributed by atoms with Gasteiger partial charge in [-0.2, -0.15) is 5.26 Å². The van der Waals surface area contributed by atoms with Crippen molar-refractivity contribution >= 4 is 12.0 Å². The highest BCUT2D eigenvalue weighted by Crippen LogP contribution is 2.33. The van der Waals surface area contributed by atoms with Crippen molar-refractivity contribution < 1.29 is 14.3 Å². The molecule has 26 heavy (non-hydrogen) atoms. The van der Waals surface area contributed by atoms with Crippen molar-refractivity contribution in [1.29, 1.82) is 5.26 Å². The average Bonchev–Trinajstić information content (AvgIpc) is 3.09. The van der Waals surface area contributed by atoms with E-state index in [4.69, 9.17) is 9.47 Å². The first-order valence-corrected chi connectivity index (χ1v) is 8.37. The van der Waals surface area contributed by atoms with Gasteiger partial charge in [-0.05, 0) is 61.2 Å². The third-order valence-electron chi connectivity index (χ3n) is 4.45. The SMILES string of the molecule is Cc1ccc([C@@H](C)NC(=O)/C(C#N)=C/c2ccc3c(c2)OCO3)cc1C. The molecule has 0 radical (unpaired) electrons. The fraction of sp³-hybridized carbons (Fsp3) is 0.238. The van der Waals surface area contributed by atoms with Crippen molar-refractivity contribution in [3.05, 3.63) is 64.2 Å². The number of aryl methyl sites for hydroxylation is 2. The van der Waals surface area contributed by atoms with Crippen molar-refractivity contribution in [3.63, 3.8) is 0 Å². The van der Waals surface area contributed by atoms with Crippen molar-refractivity contribution in [2.24, 2.45) is 0 Å². The van der Waals surface area contributed by atoms with Crippen LogP contribution >= 0.6 is 0 Å². The van der Waals surface area contributed by atoms with E-state index in [-0.39, 0.29) is 18.4 Å². The van der Waals surface area contributed by atoms with Gasteiger partial charge >= 0.3 is 0 Å². The number of benzene rings is 2. The van der Waals surface area contributed by atoms with Gasteiger partial charge in [0, 0.05) is 0 Å². The Morgan fingerprint density at radius 1 is 1.15 bits per heavy atom. The predicted octanol–water partition coefficient (Wildman–Crippen LogP) is 3.82. The van der Waals surface area contributed by atoms with Crippen molar-refractivity contribution in [2.75, 3.05) is 6.79 Å². The van der Waals surface area contributed by atoms with Crippen LogP contribution in [0.5, 0.6) is 11.5 Å². The first kappa shape index (κ1) is 17.6. The summed E-state index contributed by atoms with van der Waals surface area (Å²) in [6.45, 7) is 6.16. The molecule has 1 aliphatic rings. The molecule has 0 saturated heterocycles. The first-order chi connectivity index (χ1) is 12.5. The van der Waals surface area contributed by atoms with E-state index in [1.54, 1.807) is 24.3 Å². The molecular weight excluding hydrogens is 328 g/mol. The second kappa shape index (κ2) is 7.32. The number of carbonyl (C=O) groups excluding carboxylic acids is 1. The number of carbonyl (C=O) groups is 1. The van der Waals surface area contributed by atoms with Gasteiger partial charge in [-0.15, -0.1) is 0 Å². The van der Waals surface area contributed by atoms with Crippen LogP contribution in [0, 0.1) is 25.2 Å². The summed E-state index contributed by atoms with van der Waals surface area (Å²) in [5.41, 5.74) is 4.12. The first-order valence-electron chi connectivity index (χ1n) is 8.37. The monoisotopic (exact) mass is 348 g/mol. The Balaban J connectivity index is 1.76. The molecule has 2 aromatic carbocycles. The molecule has 1 atom stereocenters. The molecule has 2 aromatic rings. The topological polar surface area (TPSA) is 71.4 Å². The molecule has 0 aromatic heterocycles. The number of ether oxygens (including phenoxy) is 2. The van der Waals surface area contributed by atoms with Gasteiger partial charge in [0.2, 0.25) is 6.79 Å². The van der Waals surface area contributed by atoms with Gasteiger partial charge in [0.15, 0.2) is 11.5 Å². The van der Waals surface area contributed by atoms with Gasteiger partial charge in [0.25, 0.3) is 5.91 Å². The number of fused-ring (bicyclic) bond motifs is 1. The number of hydrogen-bond acceptors (Lipinski definition) is 4. The molecule has 1 amide bonds. The van der Waals surface area contributed by atoms with Gasteiger partial charge < -0.3 is 14.8 Å². The van der Waals surface area contributed by atoms with Crippen LogP contribution < -0.4 is 14.8 Å². The number of amides is 1. The van der Waals surface area contributed by atoms with E-state index in [0.717, 1.165) is 5.56 Å². The van der Waals surface area contributed by atoms with Crippen molar-refractivity contribution in [3.8, 4) is 17.6 Å². The zero-order chi connectivity index (χ0) is 18.7. The van der Waals surface area contributed by atoms with Crippen LogP contribution in [-0.2, 0) is 4.79 Å². The van der Waals surface area contributed by atoms with Gasteiger partial charge in [-0.1, -0.05) is 24.3 Å². The lowest BCUT2D eigenvalue weighted by Crippen LogP contribution is -2.27. The number of rotatable bonds is 4. The minimum Gasteiger partial charge on any atom is -0.454 e. The molecule has 1 heterocycles. The smallest absolute Gasteiger partial charge is 0.262 e. The van der Waals surface area contributed by atoms with Crippen molar-refractivity contribution in [2.45, 2.75) is 26.8 Å². The molecule has 5 nitrogen and oxygen atoms in total. The Morgan fingerprint density at radius 2 is 1.92 bits per heavy atom. The molecule has 1 N–H and O–H groups in total. The zero-order valence-corrected chi connectivity index (χ0v) is 15.0. The predicted molar refractivity (Wildman–Crippen MR) is 98.6 cm³/mol. The number of hydrogen-bond donors (Lipinski definition) is 1. The Morgan fingerprint density at radius 3 is 2.65 bits per heavy atom.